The molecular formula is C16H20INO. The Labute approximate surface area is 132 Å². The predicted molar refractivity (Wildman–Crippen MR) is 72.7 cm³/mol. The summed E-state index contributed by atoms with van der Waals surface area (Å²) in [6.45, 7) is 2.22. The molecule has 0 aliphatic carbocycles. The fourth-order valence-electron chi connectivity index (χ4n) is 1.80. The quantitative estimate of drug-likeness (QED) is 0.557. The average Bonchev–Trinajstić information content (AvgIpc) is 2.41. The van der Waals surface area contributed by atoms with Crippen LogP contribution in [0.1, 0.15) is 25.3 Å². The van der Waals surface area contributed by atoms with Crippen LogP contribution in [0.5, 0.6) is 11.5 Å². The smallest absolute Gasteiger partial charge is 0.172 e. The zero-order valence-electron chi connectivity index (χ0n) is 11.5. The Balaban J connectivity index is 0.00000180. The summed E-state index contributed by atoms with van der Waals surface area (Å²) in [4.78, 5) is 0. The van der Waals surface area contributed by atoms with Gasteiger partial charge in [0.15, 0.2) is 12.4 Å². The van der Waals surface area contributed by atoms with Crippen molar-refractivity contribution >= 4 is 0 Å². The van der Waals surface area contributed by atoms with Gasteiger partial charge in [-0.15, -0.1) is 0 Å². The van der Waals surface area contributed by atoms with Crippen LogP contribution in [0.4, 0.5) is 0 Å². The van der Waals surface area contributed by atoms with E-state index in [1.54, 1.807) is 0 Å². The maximum absolute atomic E-state index is 5.78. The van der Waals surface area contributed by atoms with Crippen LogP contribution in [0.2, 0.25) is 0 Å². The third-order valence-corrected chi connectivity index (χ3v) is 2.93. The highest BCUT2D eigenvalue weighted by atomic mass is 127. The van der Waals surface area contributed by atoms with Gasteiger partial charge in [-0.05, 0) is 30.5 Å². The summed E-state index contributed by atoms with van der Waals surface area (Å²) in [6.07, 6.45) is 7.59. The Morgan fingerprint density at radius 3 is 2.11 bits per heavy atom. The van der Waals surface area contributed by atoms with E-state index in [4.69, 9.17) is 4.74 Å². The molecule has 0 spiro atoms. The lowest BCUT2D eigenvalue weighted by Crippen LogP contribution is -3.00. The molecule has 2 rings (SSSR count). The molecule has 102 valence electrons. The van der Waals surface area contributed by atoms with Crippen molar-refractivity contribution in [1.82, 2.24) is 0 Å². The molecule has 0 radical (unpaired) electrons. The van der Waals surface area contributed by atoms with Gasteiger partial charge in [0.05, 0.1) is 0 Å². The lowest BCUT2D eigenvalue weighted by Gasteiger charge is -2.06. The third kappa shape index (κ3) is 5.19. The number of nitrogens with zero attached hydrogens (tertiary/aromatic N) is 1. The van der Waals surface area contributed by atoms with E-state index in [1.807, 2.05) is 48.3 Å². The van der Waals surface area contributed by atoms with Crippen LogP contribution in [-0.4, -0.2) is 0 Å². The van der Waals surface area contributed by atoms with Gasteiger partial charge in [-0.3, -0.25) is 0 Å². The zero-order valence-corrected chi connectivity index (χ0v) is 13.6. The monoisotopic (exact) mass is 369 g/mol. The molecule has 0 atom stereocenters. The first-order valence-corrected chi connectivity index (χ1v) is 6.50. The van der Waals surface area contributed by atoms with E-state index in [1.165, 1.54) is 18.4 Å². The maximum atomic E-state index is 5.78. The van der Waals surface area contributed by atoms with Gasteiger partial charge in [0, 0.05) is 12.1 Å². The fourth-order valence-corrected chi connectivity index (χ4v) is 1.80. The van der Waals surface area contributed by atoms with E-state index < -0.39 is 0 Å². The summed E-state index contributed by atoms with van der Waals surface area (Å²) in [5.41, 5.74) is 1.38. The van der Waals surface area contributed by atoms with E-state index in [0.717, 1.165) is 17.9 Å². The second kappa shape index (κ2) is 8.15. The molecule has 0 amide bonds. The van der Waals surface area contributed by atoms with Crippen LogP contribution in [0, 0.1) is 0 Å². The first kappa shape index (κ1) is 16.0. The number of halogens is 1. The third-order valence-electron chi connectivity index (χ3n) is 2.93. The van der Waals surface area contributed by atoms with E-state index in [-0.39, 0.29) is 24.0 Å². The van der Waals surface area contributed by atoms with Crippen LogP contribution in [0.25, 0.3) is 0 Å². The van der Waals surface area contributed by atoms with Gasteiger partial charge in [-0.25, -0.2) is 4.57 Å². The predicted octanol–water partition coefficient (Wildman–Crippen LogP) is 0.650. The number of pyridine rings is 1. The molecule has 0 unspecified atom stereocenters. The largest absolute Gasteiger partial charge is 1.00 e. The van der Waals surface area contributed by atoms with Gasteiger partial charge in [0.2, 0.25) is 0 Å². The number of ether oxygens (including phenoxy) is 1. The molecule has 0 saturated heterocycles. The molecule has 2 nitrogen and oxygen atoms in total. The summed E-state index contributed by atoms with van der Waals surface area (Å²) in [5, 5.41) is 0. The topological polar surface area (TPSA) is 13.1 Å². The molecule has 2 aromatic rings. The molecule has 19 heavy (non-hydrogen) atoms. The summed E-state index contributed by atoms with van der Waals surface area (Å²) >= 11 is 0. The number of aromatic nitrogens is 1. The SMILES string of the molecule is CCCCc1ccc(Oc2cc[n+](C)cc2)cc1.[I-]. The summed E-state index contributed by atoms with van der Waals surface area (Å²) in [6, 6.07) is 12.3. The first-order chi connectivity index (χ1) is 8.78. The van der Waals surface area contributed by atoms with E-state index in [0.29, 0.717) is 0 Å². The van der Waals surface area contributed by atoms with Gasteiger partial charge >= 0.3 is 0 Å². The lowest BCUT2D eigenvalue weighted by molar-refractivity contribution is -0.671. The number of aryl methyl sites for hydroxylation is 2. The molecule has 0 N–H and O–H groups in total. The Bertz CT molecular complexity index is 479. The molecule has 0 aliphatic rings. The van der Waals surface area contributed by atoms with Gasteiger partial charge < -0.3 is 28.7 Å². The van der Waals surface area contributed by atoms with Crippen molar-refractivity contribution in [2.24, 2.45) is 7.05 Å². The number of rotatable bonds is 5. The van der Waals surface area contributed by atoms with Crippen molar-refractivity contribution in [3.05, 3.63) is 54.4 Å². The number of unbranched alkanes of at least 4 members (excludes halogenated alkanes) is 1. The molecule has 0 bridgehead atoms. The van der Waals surface area contributed by atoms with Crippen LogP contribution in [0.15, 0.2) is 48.8 Å². The Morgan fingerprint density at radius 1 is 0.947 bits per heavy atom. The molecular weight excluding hydrogens is 349 g/mol. The fraction of sp³-hybridized carbons (Fsp3) is 0.312. The molecule has 0 fully saturated rings. The minimum atomic E-state index is 0. The highest BCUT2D eigenvalue weighted by Crippen LogP contribution is 2.20. The van der Waals surface area contributed by atoms with Gasteiger partial charge in [0.1, 0.15) is 18.5 Å². The summed E-state index contributed by atoms with van der Waals surface area (Å²) in [7, 11) is 1.99. The summed E-state index contributed by atoms with van der Waals surface area (Å²) in [5.74, 6) is 1.76. The van der Waals surface area contributed by atoms with Crippen molar-refractivity contribution in [2.45, 2.75) is 26.2 Å². The highest BCUT2D eigenvalue weighted by molar-refractivity contribution is 5.31. The minimum absolute atomic E-state index is 0. The van der Waals surface area contributed by atoms with E-state index in [2.05, 4.69) is 19.1 Å². The highest BCUT2D eigenvalue weighted by Gasteiger charge is 2.00. The second-order valence-electron chi connectivity index (χ2n) is 4.55. The van der Waals surface area contributed by atoms with Crippen molar-refractivity contribution in [1.29, 1.82) is 0 Å². The number of benzene rings is 1. The van der Waals surface area contributed by atoms with Gasteiger partial charge in [0.25, 0.3) is 0 Å². The standard InChI is InChI=1S/C16H20NO.HI/c1-3-4-5-14-6-8-15(9-7-14)18-16-10-12-17(2)13-11-16;/h6-13H,3-5H2,1-2H3;1H/q+1;/p-1. The van der Waals surface area contributed by atoms with Gasteiger partial charge in [-0.1, -0.05) is 25.5 Å². The van der Waals surface area contributed by atoms with E-state index in [9.17, 15) is 0 Å². The molecule has 1 aromatic carbocycles. The number of hydrogen-bond donors (Lipinski definition) is 0. The van der Waals surface area contributed by atoms with Crippen LogP contribution in [0.3, 0.4) is 0 Å². The Hall–Kier alpha value is -1.10. The Kier molecular flexibility index (Phi) is 6.84. The van der Waals surface area contributed by atoms with Crippen LogP contribution in [-0.2, 0) is 13.5 Å². The minimum Gasteiger partial charge on any atom is -1.00 e. The molecule has 3 heteroatoms. The Morgan fingerprint density at radius 2 is 1.53 bits per heavy atom. The van der Waals surface area contributed by atoms with E-state index >= 15 is 0 Å². The van der Waals surface area contributed by atoms with Crippen LogP contribution < -0.4 is 33.3 Å². The second-order valence-corrected chi connectivity index (χ2v) is 4.55. The maximum Gasteiger partial charge on any atom is 0.172 e. The number of hydrogen-bond acceptors (Lipinski definition) is 1. The normalized spacial score (nSPS) is 9.79. The molecule has 0 saturated carbocycles. The lowest BCUT2D eigenvalue weighted by atomic mass is 10.1. The zero-order chi connectivity index (χ0) is 12.8. The van der Waals surface area contributed by atoms with Crippen molar-refractivity contribution in [3.63, 3.8) is 0 Å². The van der Waals surface area contributed by atoms with Gasteiger partial charge in [-0.2, -0.15) is 0 Å². The average molecular weight is 369 g/mol. The van der Waals surface area contributed by atoms with Crippen molar-refractivity contribution in [3.8, 4) is 11.5 Å². The van der Waals surface area contributed by atoms with Crippen molar-refractivity contribution < 1.29 is 33.3 Å². The summed E-state index contributed by atoms with van der Waals surface area (Å²) < 4.78 is 7.77. The first-order valence-electron chi connectivity index (χ1n) is 6.50. The van der Waals surface area contributed by atoms with Crippen LogP contribution >= 0.6 is 0 Å². The molecule has 0 aliphatic heterocycles. The molecule has 1 aromatic heterocycles. The molecule has 1 heterocycles. The van der Waals surface area contributed by atoms with Crippen molar-refractivity contribution in [2.75, 3.05) is 0 Å².